The molecule has 0 aromatic carbocycles. The summed E-state index contributed by atoms with van der Waals surface area (Å²) in [5.41, 5.74) is 0. The van der Waals surface area contributed by atoms with Crippen LogP contribution >= 0.6 is 0 Å². The number of hydrogen-bond acceptors (Lipinski definition) is 5. The normalized spacial score (nSPS) is 21.2. The Morgan fingerprint density at radius 3 is 1.84 bits per heavy atom. The summed E-state index contributed by atoms with van der Waals surface area (Å²) >= 11 is 0. The fourth-order valence-corrected chi connectivity index (χ4v) is 4.23. The Labute approximate surface area is 198 Å². The van der Waals surface area contributed by atoms with E-state index in [-0.39, 0.29) is 12.2 Å². The summed E-state index contributed by atoms with van der Waals surface area (Å²) in [5, 5.41) is 10.3. The highest BCUT2D eigenvalue weighted by molar-refractivity contribution is 4.76. The molecule has 4 atom stereocenters. The second-order valence-corrected chi connectivity index (χ2v) is 10.5. The molecule has 0 bridgehead atoms. The first-order valence-electron chi connectivity index (χ1n) is 13.5. The molecular weight excluding hydrogens is 404 g/mol. The molecule has 1 heterocycles. The van der Waals surface area contributed by atoms with Gasteiger partial charge in [-0.1, -0.05) is 91.4 Å². The van der Waals surface area contributed by atoms with Crippen molar-refractivity contribution in [2.24, 2.45) is 5.92 Å². The van der Waals surface area contributed by atoms with Gasteiger partial charge in [0.2, 0.25) is 0 Å². The maximum atomic E-state index is 10.3. The van der Waals surface area contributed by atoms with Crippen molar-refractivity contribution in [3.8, 4) is 0 Å². The van der Waals surface area contributed by atoms with E-state index in [9.17, 15) is 5.11 Å². The van der Waals surface area contributed by atoms with Crippen LogP contribution in [-0.2, 0) is 18.9 Å². The zero-order chi connectivity index (χ0) is 23.8. The quantitative estimate of drug-likeness (QED) is 0.157. The van der Waals surface area contributed by atoms with Crippen molar-refractivity contribution in [3.05, 3.63) is 0 Å². The maximum absolute atomic E-state index is 10.3. The molecule has 1 rings (SSSR count). The van der Waals surface area contributed by atoms with Crippen LogP contribution < -0.4 is 0 Å². The average molecular weight is 459 g/mol. The molecule has 1 fully saturated rings. The highest BCUT2D eigenvalue weighted by Gasteiger charge is 2.39. The van der Waals surface area contributed by atoms with E-state index in [1.165, 1.54) is 64.2 Å². The molecule has 1 aliphatic rings. The predicted octanol–water partition coefficient (Wildman–Crippen LogP) is 6.99. The van der Waals surface area contributed by atoms with Crippen LogP contribution in [0.25, 0.3) is 0 Å². The SMILES string of the molecule is CCCOC(OC(CCCCCCCCCCCCC(C)C)C(C)O)C1COC(C)(C)O1. The molecule has 32 heavy (non-hydrogen) atoms. The number of unbranched alkanes of at least 4 members (excludes halogenated alkanes) is 9. The Hall–Kier alpha value is -0.200. The Bertz CT molecular complexity index is 438. The van der Waals surface area contributed by atoms with Crippen molar-refractivity contribution in [2.75, 3.05) is 13.2 Å². The van der Waals surface area contributed by atoms with E-state index in [0.29, 0.717) is 13.2 Å². The number of aliphatic hydroxyl groups excluding tert-OH is 1. The Morgan fingerprint density at radius 1 is 0.875 bits per heavy atom. The van der Waals surface area contributed by atoms with E-state index in [2.05, 4.69) is 20.8 Å². The molecule has 0 saturated carbocycles. The fraction of sp³-hybridized carbons (Fsp3) is 1.00. The molecule has 0 aromatic rings. The lowest BCUT2D eigenvalue weighted by Gasteiger charge is -2.30. The van der Waals surface area contributed by atoms with Crippen LogP contribution in [0.2, 0.25) is 0 Å². The van der Waals surface area contributed by atoms with Gasteiger partial charge in [-0.3, -0.25) is 0 Å². The largest absolute Gasteiger partial charge is 0.391 e. The lowest BCUT2D eigenvalue weighted by molar-refractivity contribution is -0.246. The Balaban J connectivity index is 2.20. The van der Waals surface area contributed by atoms with Gasteiger partial charge in [-0.2, -0.15) is 0 Å². The van der Waals surface area contributed by atoms with Crippen molar-refractivity contribution in [1.82, 2.24) is 0 Å². The molecule has 1 N–H and O–H groups in total. The van der Waals surface area contributed by atoms with Gasteiger partial charge in [0.05, 0.1) is 18.8 Å². The van der Waals surface area contributed by atoms with Crippen LogP contribution in [0.5, 0.6) is 0 Å². The zero-order valence-corrected chi connectivity index (χ0v) is 22.1. The van der Waals surface area contributed by atoms with Gasteiger partial charge in [0.15, 0.2) is 12.1 Å². The first-order chi connectivity index (χ1) is 15.2. The van der Waals surface area contributed by atoms with Crippen LogP contribution in [0.3, 0.4) is 0 Å². The number of hydrogen-bond donors (Lipinski definition) is 1. The van der Waals surface area contributed by atoms with Crippen LogP contribution in [0.1, 0.15) is 125 Å². The highest BCUT2D eigenvalue weighted by atomic mass is 16.8. The van der Waals surface area contributed by atoms with E-state index in [1.54, 1.807) is 6.92 Å². The van der Waals surface area contributed by atoms with Gasteiger partial charge in [-0.25, -0.2) is 0 Å². The smallest absolute Gasteiger partial charge is 0.186 e. The van der Waals surface area contributed by atoms with Crippen molar-refractivity contribution in [3.63, 3.8) is 0 Å². The van der Waals surface area contributed by atoms with Crippen LogP contribution in [0.4, 0.5) is 0 Å². The van der Waals surface area contributed by atoms with Gasteiger partial charge in [-0.15, -0.1) is 0 Å². The minimum Gasteiger partial charge on any atom is -0.391 e. The minimum atomic E-state index is -0.615. The van der Waals surface area contributed by atoms with Gasteiger partial charge in [-0.05, 0) is 39.5 Å². The Kier molecular flexibility index (Phi) is 16.1. The van der Waals surface area contributed by atoms with E-state index in [0.717, 1.165) is 25.2 Å². The van der Waals surface area contributed by atoms with Gasteiger partial charge < -0.3 is 24.1 Å². The van der Waals surface area contributed by atoms with Gasteiger partial charge in [0, 0.05) is 6.61 Å². The van der Waals surface area contributed by atoms with Gasteiger partial charge >= 0.3 is 0 Å². The van der Waals surface area contributed by atoms with Gasteiger partial charge in [0.25, 0.3) is 0 Å². The standard InChI is InChI=1S/C27H54O5/c1-7-20-29-26(25-21-30-27(5,6)32-25)31-24(23(4)28)19-17-15-13-11-9-8-10-12-14-16-18-22(2)3/h22-26,28H,7-21H2,1-6H3. The van der Waals surface area contributed by atoms with Crippen LogP contribution in [0, 0.1) is 5.92 Å². The lowest BCUT2D eigenvalue weighted by atomic mass is 10.0. The molecule has 5 nitrogen and oxygen atoms in total. The summed E-state index contributed by atoms with van der Waals surface area (Å²) < 4.78 is 23.8. The van der Waals surface area contributed by atoms with Crippen molar-refractivity contribution in [1.29, 1.82) is 0 Å². The summed E-state index contributed by atoms with van der Waals surface area (Å²) in [6.07, 6.45) is 14.7. The molecule has 5 heteroatoms. The van der Waals surface area contributed by atoms with Crippen molar-refractivity contribution >= 4 is 0 Å². The second kappa shape index (κ2) is 17.3. The van der Waals surface area contributed by atoms with E-state index in [4.69, 9.17) is 18.9 Å². The number of aliphatic hydroxyl groups is 1. The first kappa shape index (κ1) is 29.8. The van der Waals surface area contributed by atoms with E-state index >= 15 is 0 Å². The minimum absolute atomic E-state index is 0.241. The zero-order valence-electron chi connectivity index (χ0n) is 22.1. The summed E-state index contributed by atoms with van der Waals surface area (Å²) in [7, 11) is 0. The Morgan fingerprint density at radius 2 is 1.41 bits per heavy atom. The van der Waals surface area contributed by atoms with Crippen molar-refractivity contribution < 1.29 is 24.1 Å². The third-order valence-corrected chi connectivity index (χ3v) is 6.19. The second-order valence-electron chi connectivity index (χ2n) is 10.5. The molecule has 0 aliphatic carbocycles. The third-order valence-electron chi connectivity index (χ3n) is 6.19. The molecule has 1 saturated heterocycles. The molecule has 4 unspecified atom stereocenters. The third kappa shape index (κ3) is 14.1. The number of rotatable bonds is 20. The monoisotopic (exact) mass is 458 g/mol. The first-order valence-corrected chi connectivity index (χ1v) is 13.5. The van der Waals surface area contributed by atoms with Crippen LogP contribution in [0.15, 0.2) is 0 Å². The molecular formula is C27H54O5. The van der Waals surface area contributed by atoms with Crippen LogP contribution in [-0.4, -0.2) is 48.7 Å². The fourth-order valence-electron chi connectivity index (χ4n) is 4.23. The van der Waals surface area contributed by atoms with Gasteiger partial charge in [0.1, 0.15) is 6.10 Å². The molecule has 0 radical (unpaired) electrons. The predicted molar refractivity (Wildman–Crippen MR) is 132 cm³/mol. The molecule has 0 amide bonds. The van der Waals surface area contributed by atoms with E-state index in [1.807, 2.05) is 13.8 Å². The maximum Gasteiger partial charge on any atom is 0.186 e. The lowest BCUT2D eigenvalue weighted by Crippen LogP contribution is -2.41. The molecule has 0 spiro atoms. The highest BCUT2D eigenvalue weighted by Crippen LogP contribution is 2.27. The molecule has 1 aliphatic heterocycles. The number of ether oxygens (including phenoxy) is 4. The topological polar surface area (TPSA) is 57.2 Å². The summed E-state index contributed by atoms with van der Waals surface area (Å²) in [4.78, 5) is 0. The summed E-state index contributed by atoms with van der Waals surface area (Å²) in [5.74, 6) is 0.233. The summed E-state index contributed by atoms with van der Waals surface area (Å²) in [6, 6.07) is 0. The average Bonchev–Trinajstić information content (AvgIpc) is 3.09. The van der Waals surface area contributed by atoms with Crippen molar-refractivity contribution in [2.45, 2.75) is 155 Å². The molecule has 0 aromatic heterocycles. The van der Waals surface area contributed by atoms with E-state index < -0.39 is 18.2 Å². The molecule has 192 valence electrons. The summed E-state index contributed by atoms with van der Waals surface area (Å²) in [6.45, 7) is 13.4.